The van der Waals surface area contributed by atoms with Gasteiger partial charge in [0.2, 0.25) is 11.8 Å². The number of amides is 2. The first-order valence-corrected chi connectivity index (χ1v) is 7.19. The maximum atomic E-state index is 12.7. The normalized spacial score (nSPS) is 15.8. The molecule has 0 saturated heterocycles. The van der Waals surface area contributed by atoms with Crippen LogP contribution in [0, 0.1) is 5.41 Å². The zero-order chi connectivity index (χ0) is 14.8. The molecule has 1 saturated carbocycles. The van der Waals surface area contributed by atoms with Crippen LogP contribution in [0.15, 0.2) is 30.3 Å². The average Bonchev–Trinajstić information content (AvgIpc) is 3.21. The number of benzene rings is 1. The van der Waals surface area contributed by atoms with E-state index in [0.29, 0.717) is 19.4 Å². The van der Waals surface area contributed by atoms with E-state index in [1.807, 2.05) is 51.1 Å². The predicted molar refractivity (Wildman–Crippen MR) is 79.4 cm³/mol. The number of rotatable bonds is 5. The second-order valence-corrected chi connectivity index (χ2v) is 5.60. The van der Waals surface area contributed by atoms with E-state index in [1.165, 1.54) is 0 Å². The summed E-state index contributed by atoms with van der Waals surface area (Å²) in [6, 6.07) is 9.58. The van der Waals surface area contributed by atoms with E-state index in [2.05, 4.69) is 5.32 Å². The fourth-order valence-electron chi connectivity index (χ4n) is 2.37. The lowest BCUT2D eigenvalue weighted by Gasteiger charge is -2.26. The second kappa shape index (κ2) is 5.65. The summed E-state index contributed by atoms with van der Waals surface area (Å²) in [6.45, 7) is 6.32. The smallest absolute Gasteiger partial charge is 0.242 e. The molecule has 108 valence electrons. The van der Waals surface area contributed by atoms with Crippen molar-refractivity contribution in [3.05, 3.63) is 30.3 Å². The van der Waals surface area contributed by atoms with Crippen LogP contribution in [0.4, 0.5) is 5.69 Å². The molecule has 1 N–H and O–H groups in total. The summed E-state index contributed by atoms with van der Waals surface area (Å²) in [5.41, 5.74) is 0.0134. The van der Waals surface area contributed by atoms with Crippen LogP contribution in [0.5, 0.6) is 0 Å². The lowest BCUT2D eigenvalue weighted by atomic mass is 10.0. The molecule has 4 heteroatoms. The van der Waals surface area contributed by atoms with Crippen molar-refractivity contribution in [2.75, 3.05) is 11.4 Å². The van der Waals surface area contributed by atoms with E-state index in [0.717, 1.165) is 5.69 Å². The largest absolute Gasteiger partial charge is 0.353 e. The maximum absolute atomic E-state index is 12.7. The number of carbonyl (C=O) groups excluding carboxylic acids is 2. The Labute approximate surface area is 120 Å². The van der Waals surface area contributed by atoms with Crippen molar-refractivity contribution in [3.63, 3.8) is 0 Å². The standard InChI is InChI=1S/C16H22N2O2/c1-4-18(13-8-6-5-7-9-13)15(20)16(10-11-16)14(19)17-12(2)3/h5-9,12H,4,10-11H2,1-3H3,(H,17,19). The number of nitrogens with one attached hydrogen (secondary N) is 1. The van der Waals surface area contributed by atoms with Crippen LogP contribution in [0.2, 0.25) is 0 Å². The van der Waals surface area contributed by atoms with Gasteiger partial charge in [0, 0.05) is 18.3 Å². The van der Waals surface area contributed by atoms with Gasteiger partial charge in [0.05, 0.1) is 0 Å². The van der Waals surface area contributed by atoms with Crippen molar-refractivity contribution in [2.45, 2.75) is 39.7 Å². The first-order chi connectivity index (χ1) is 9.51. The van der Waals surface area contributed by atoms with Gasteiger partial charge < -0.3 is 10.2 Å². The highest BCUT2D eigenvalue weighted by Gasteiger charge is 2.58. The van der Waals surface area contributed by atoms with Crippen LogP contribution in [-0.4, -0.2) is 24.4 Å². The van der Waals surface area contributed by atoms with E-state index >= 15 is 0 Å². The van der Waals surface area contributed by atoms with Gasteiger partial charge in [0.1, 0.15) is 5.41 Å². The Morgan fingerprint density at radius 1 is 1.25 bits per heavy atom. The molecular weight excluding hydrogens is 252 g/mol. The minimum atomic E-state index is -0.837. The topological polar surface area (TPSA) is 49.4 Å². The van der Waals surface area contributed by atoms with Crippen molar-refractivity contribution in [3.8, 4) is 0 Å². The molecule has 0 atom stereocenters. The van der Waals surface area contributed by atoms with E-state index in [4.69, 9.17) is 0 Å². The van der Waals surface area contributed by atoms with Gasteiger partial charge in [-0.25, -0.2) is 0 Å². The molecule has 1 aromatic carbocycles. The van der Waals surface area contributed by atoms with Gasteiger partial charge in [-0.15, -0.1) is 0 Å². The zero-order valence-corrected chi connectivity index (χ0v) is 12.3. The number of nitrogens with zero attached hydrogens (tertiary/aromatic N) is 1. The van der Waals surface area contributed by atoms with Crippen molar-refractivity contribution in [1.29, 1.82) is 0 Å². The summed E-state index contributed by atoms with van der Waals surface area (Å²) in [5, 5.41) is 2.87. The van der Waals surface area contributed by atoms with Gasteiger partial charge in [0.25, 0.3) is 0 Å². The Balaban J connectivity index is 2.19. The SMILES string of the molecule is CCN(C(=O)C1(C(=O)NC(C)C)CC1)c1ccccc1. The van der Waals surface area contributed by atoms with E-state index in [9.17, 15) is 9.59 Å². The average molecular weight is 274 g/mol. The molecule has 2 rings (SSSR count). The molecule has 0 aromatic heterocycles. The molecular formula is C16H22N2O2. The molecule has 1 aliphatic rings. The molecule has 1 aliphatic carbocycles. The third-order valence-electron chi connectivity index (χ3n) is 3.64. The van der Waals surface area contributed by atoms with Crippen LogP contribution >= 0.6 is 0 Å². The van der Waals surface area contributed by atoms with Gasteiger partial charge in [0.15, 0.2) is 0 Å². The van der Waals surface area contributed by atoms with E-state index in [1.54, 1.807) is 4.90 Å². The summed E-state index contributed by atoms with van der Waals surface area (Å²) in [6.07, 6.45) is 1.29. The van der Waals surface area contributed by atoms with Gasteiger partial charge in [-0.05, 0) is 45.7 Å². The van der Waals surface area contributed by atoms with Crippen molar-refractivity contribution in [1.82, 2.24) is 5.32 Å². The third kappa shape index (κ3) is 2.69. The van der Waals surface area contributed by atoms with Gasteiger partial charge in [-0.3, -0.25) is 9.59 Å². The van der Waals surface area contributed by atoms with Gasteiger partial charge in [-0.2, -0.15) is 0 Å². The number of para-hydroxylation sites is 1. The fourth-order valence-corrected chi connectivity index (χ4v) is 2.37. The number of hydrogen-bond donors (Lipinski definition) is 1. The first-order valence-electron chi connectivity index (χ1n) is 7.19. The molecule has 20 heavy (non-hydrogen) atoms. The van der Waals surface area contributed by atoms with Crippen LogP contribution in [-0.2, 0) is 9.59 Å². The second-order valence-electron chi connectivity index (χ2n) is 5.60. The number of hydrogen-bond acceptors (Lipinski definition) is 2. The molecule has 1 aromatic rings. The Hall–Kier alpha value is -1.84. The monoisotopic (exact) mass is 274 g/mol. The number of carbonyl (C=O) groups is 2. The van der Waals surface area contributed by atoms with Gasteiger partial charge in [-0.1, -0.05) is 18.2 Å². The molecule has 4 nitrogen and oxygen atoms in total. The summed E-state index contributed by atoms with van der Waals surface area (Å²) in [4.78, 5) is 26.7. The lowest BCUT2D eigenvalue weighted by Crippen LogP contribution is -2.47. The Kier molecular flexibility index (Phi) is 4.12. The molecule has 1 fully saturated rings. The van der Waals surface area contributed by atoms with Crippen molar-refractivity contribution < 1.29 is 9.59 Å². The first kappa shape index (κ1) is 14.6. The van der Waals surface area contributed by atoms with Gasteiger partial charge >= 0.3 is 0 Å². The molecule has 0 heterocycles. The predicted octanol–water partition coefficient (Wildman–Crippen LogP) is 2.34. The van der Waals surface area contributed by atoms with Crippen LogP contribution < -0.4 is 10.2 Å². The van der Waals surface area contributed by atoms with E-state index in [-0.39, 0.29) is 17.9 Å². The highest BCUT2D eigenvalue weighted by Crippen LogP contribution is 2.48. The lowest BCUT2D eigenvalue weighted by molar-refractivity contribution is -0.136. The quantitative estimate of drug-likeness (QED) is 0.838. The van der Waals surface area contributed by atoms with Crippen LogP contribution in [0.25, 0.3) is 0 Å². The summed E-state index contributed by atoms with van der Waals surface area (Å²) < 4.78 is 0. The Morgan fingerprint density at radius 3 is 2.30 bits per heavy atom. The molecule has 0 spiro atoms. The molecule has 2 amide bonds. The summed E-state index contributed by atoms with van der Waals surface area (Å²) in [5.74, 6) is -0.212. The minimum absolute atomic E-state index is 0.0552. The fraction of sp³-hybridized carbons (Fsp3) is 0.500. The van der Waals surface area contributed by atoms with Crippen molar-refractivity contribution in [2.24, 2.45) is 5.41 Å². The Morgan fingerprint density at radius 2 is 1.85 bits per heavy atom. The van der Waals surface area contributed by atoms with Crippen molar-refractivity contribution >= 4 is 17.5 Å². The zero-order valence-electron chi connectivity index (χ0n) is 12.3. The summed E-state index contributed by atoms with van der Waals surface area (Å²) >= 11 is 0. The molecule has 0 unspecified atom stereocenters. The van der Waals surface area contributed by atoms with E-state index < -0.39 is 5.41 Å². The minimum Gasteiger partial charge on any atom is -0.353 e. The maximum Gasteiger partial charge on any atom is 0.242 e. The summed E-state index contributed by atoms with van der Waals surface area (Å²) in [7, 11) is 0. The van der Waals surface area contributed by atoms with Crippen LogP contribution in [0.3, 0.4) is 0 Å². The Bertz CT molecular complexity index is 492. The molecule has 0 aliphatic heterocycles. The third-order valence-corrected chi connectivity index (χ3v) is 3.64. The molecule has 0 radical (unpaired) electrons. The van der Waals surface area contributed by atoms with Crippen LogP contribution in [0.1, 0.15) is 33.6 Å². The molecule has 0 bridgehead atoms. The highest BCUT2D eigenvalue weighted by molar-refractivity contribution is 6.14. The highest BCUT2D eigenvalue weighted by atomic mass is 16.2. The number of anilines is 1.